The SMILES string of the molecule is CCn1c(C)c(/C=N\NC(=O)c2cccn(Cc3cccc(C)c3)c2=O)c2ccccc21. The standard InChI is InChI=1S/C26H26N4O2/c1-4-30-19(3)23(21-11-5-6-13-24(21)30)16-27-28-25(31)22-12-8-14-29(26(22)32)17-20-10-7-9-18(2)15-20/h5-16H,4,17H2,1-3H3,(H,28,31)/b27-16-. The number of pyridine rings is 1. The van der Waals surface area contributed by atoms with Crippen LogP contribution in [-0.2, 0) is 13.1 Å². The number of rotatable bonds is 6. The van der Waals surface area contributed by atoms with Crippen LogP contribution in [0.4, 0.5) is 0 Å². The van der Waals surface area contributed by atoms with Gasteiger partial charge >= 0.3 is 0 Å². The van der Waals surface area contributed by atoms with Crippen molar-refractivity contribution in [2.24, 2.45) is 5.10 Å². The fourth-order valence-electron chi connectivity index (χ4n) is 4.09. The van der Waals surface area contributed by atoms with E-state index in [1.165, 1.54) is 10.6 Å². The lowest BCUT2D eigenvalue weighted by Gasteiger charge is -2.08. The van der Waals surface area contributed by atoms with Crippen LogP contribution in [0.2, 0.25) is 0 Å². The van der Waals surface area contributed by atoms with Crippen LogP contribution in [0.25, 0.3) is 10.9 Å². The number of nitrogens with zero attached hydrogens (tertiary/aromatic N) is 3. The molecule has 162 valence electrons. The van der Waals surface area contributed by atoms with E-state index in [2.05, 4.69) is 28.1 Å². The molecule has 4 aromatic rings. The van der Waals surface area contributed by atoms with Crippen LogP contribution in [0.5, 0.6) is 0 Å². The summed E-state index contributed by atoms with van der Waals surface area (Å²) in [6.07, 6.45) is 3.34. The molecule has 0 radical (unpaired) electrons. The van der Waals surface area contributed by atoms with Crippen LogP contribution in [-0.4, -0.2) is 21.3 Å². The monoisotopic (exact) mass is 426 g/mol. The van der Waals surface area contributed by atoms with E-state index in [9.17, 15) is 9.59 Å². The molecule has 0 fully saturated rings. The zero-order valence-electron chi connectivity index (χ0n) is 18.5. The highest BCUT2D eigenvalue weighted by Crippen LogP contribution is 2.24. The van der Waals surface area contributed by atoms with Gasteiger partial charge in [-0.05, 0) is 44.5 Å². The molecule has 2 aromatic carbocycles. The summed E-state index contributed by atoms with van der Waals surface area (Å²) in [6.45, 7) is 7.39. The van der Waals surface area contributed by atoms with E-state index in [0.717, 1.165) is 39.8 Å². The lowest BCUT2D eigenvalue weighted by Crippen LogP contribution is -2.30. The molecule has 4 rings (SSSR count). The van der Waals surface area contributed by atoms with E-state index >= 15 is 0 Å². The van der Waals surface area contributed by atoms with E-state index in [0.29, 0.717) is 6.54 Å². The smallest absolute Gasteiger partial charge is 0.276 e. The second-order valence-electron chi connectivity index (χ2n) is 7.80. The van der Waals surface area contributed by atoms with E-state index < -0.39 is 5.91 Å². The molecule has 1 N–H and O–H groups in total. The van der Waals surface area contributed by atoms with Crippen molar-refractivity contribution in [3.63, 3.8) is 0 Å². The molecule has 0 spiro atoms. The zero-order chi connectivity index (χ0) is 22.7. The zero-order valence-corrected chi connectivity index (χ0v) is 18.5. The van der Waals surface area contributed by atoms with Crippen molar-refractivity contribution in [2.45, 2.75) is 33.9 Å². The largest absolute Gasteiger partial charge is 0.344 e. The van der Waals surface area contributed by atoms with Gasteiger partial charge in [-0.25, -0.2) is 5.43 Å². The number of aryl methyl sites for hydroxylation is 2. The minimum Gasteiger partial charge on any atom is -0.344 e. The molecule has 6 heteroatoms. The first-order chi connectivity index (χ1) is 15.5. The van der Waals surface area contributed by atoms with Crippen molar-refractivity contribution >= 4 is 23.0 Å². The molecule has 0 unspecified atom stereocenters. The van der Waals surface area contributed by atoms with Crippen molar-refractivity contribution in [2.75, 3.05) is 0 Å². The van der Waals surface area contributed by atoms with Crippen molar-refractivity contribution in [1.29, 1.82) is 0 Å². The van der Waals surface area contributed by atoms with Crippen molar-refractivity contribution in [1.82, 2.24) is 14.6 Å². The molecular formula is C26H26N4O2. The lowest BCUT2D eigenvalue weighted by atomic mass is 10.1. The van der Waals surface area contributed by atoms with Gasteiger partial charge in [0.05, 0.1) is 12.8 Å². The van der Waals surface area contributed by atoms with Gasteiger partial charge in [0, 0.05) is 34.9 Å². The highest BCUT2D eigenvalue weighted by Gasteiger charge is 2.13. The molecule has 0 aliphatic heterocycles. The Morgan fingerprint density at radius 2 is 1.88 bits per heavy atom. The number of fused-ring (bicyclic) bond motifs is 1. The molecule has 0 aliphatic carbocycles. The molecule has 0 saturated heterocycles. The van der Waals surface area contributed by atoms with Gasteiger partial charge in [-0.3, -0.25) is 9.59 Å². The first-order valence-electron chi connectivity index (χ1n) is 10.7. The number of carbonyl (C=O) groups is 1. The maximum Gasteiger partial charge on any atom is 0.276 e. The number of hydrazone groups is 1. The van der Waals surface area contributed by atoms with E-state index in [1.54, 1.807) is 18.5 Å². The molecule has 2 aromatic heterocycles. The van der Waals surface area contributed by atoms with Crippen LogP contribution in [0.15, 0.2) is 76.8 Å². The van der Waals surface area contributed by atoms with Gasteiger partial charge in [0.1, 0.15) is 5.56 Å². The Morgan fingerprint density at radius 3 is 2.66 bits per heavy atom. The molecule has 1 amide bonds. The van der Waals surface area contributed by atoms with Crippen molar-refractivity contribution in [3.05, 3.63) is 105 Å². The molecule has 32 heavy (non-hydrogen) atoms. The normalized spacial score (nSPS) is 11.3. The fraction of sp³-hybridized carbons (Fsp3) is 0.192. The summed E-state index contributed by atoms with van der Waals surface area (Å²) in [4.78, 5) is 25.5. The third-order valence-electron chi connectivity index (χ3n) is 5.66. The predicted octanol–water partition coefficient (Wildman–Crippen LogP) is 4.25. The molecule has 6 nitrogen and oxygen atoms in total. The number of benzene rings is 2. The number of nitrogens with one attached hydrogen (secondary N) is 1. The highest BCUT2D eigenvalue weighted by molar-refractivity contribution is 6.02. The minimum atomic E-state index is -0.526. The lowest BCUT2D eigenvalue weighted by molar-refractivity contribution is 0.0953. The minimum absolute atomic E-state index is 0.0602. The molecule has 0 bridgehead atoms. The van der Waals surface area contributed by atoms with Gasteiger partial charge in [-0.1, -0.05) is 48.0 Å². The third-order valence-corrected chi connectivity index (χ3v) is 5.66. The number of para-hydroxylation sites is 1. The third kappa shape index (κ3) is 4.12. The van der Waals surface area contributed by atoms with Crippen LogP contribution in [0, 0.1) is 13.8 Å². The quantitative estimate of drug-likeness (QED) is 0.370. The summed E-state index contributed by atoms with van der Waals surface area (Å²) in [5, 5.41) is 5.23. The van der Waals surface area contributed by atoms with Gasteiger partial charge in [0.15, 0.2) is 0 Å². The molecule has 0 aliphatic rings. The Kier molecular flexibility index (Phi) is 6.03. The summed E-state index contributed by atoms with van der Waals surface area (Å²) < 4.78 is 3.74. The second kappa shape index (κ2) is 9.06. The Balaban J connectivity index is 1.55. The van der Waals surface area contributed by atoms with Gasteiger partial charge in [-0.15, -0.1) is 0 Å². The Labute approximate surface area is 186 Å². The Hall–Kier alpha value is -3.93. The summed E-state index contributed by atoms with van der Waals surface area (Å²) in [5.41, 5.74) is 7.51. The fourth-order valence-corrected chi connectivity index (χ4v) is 4.09. The maximum atomic E-state index is 12.9. The van der Waals surface area contributed by atoms with E-state index in [4.69, 9.17) is 0 Å². The average molecular weight is 427 g/mol. The first kappa shape index (κ1) is 21.3. The number of hydrogen-bond acceptors (Lipinski definition) is 3. The predicted molar refractivity (Wildman–Crippen MR) is 128 cm³/mol. The topological polar surface area (TPSA) is 68.4 Å². The van der Waals surface area contributed by atoms with Crippen LogP contribution in [0.3, 0.4) is 0 Å². The second-order valence-corrected chi connectivity index (χ2v) is 7.80. The van der Waals surface area contributed by atoms with Crippen LogP contribution >= 0.6 is 0 Å². The molecular weight excluding hydrogens is 400 g/mol. The summed E-state index contributed by atoms with van der Waals surface area (Å²) >= 11 is 0. The maximum absolute atomic E-state index is 12.9. The van der Waals surface area contributed by atoms with Gasteiger partial charge in [-0.2, -0.15) is 5.10 Å². The number of hydrogen-bond donors (Lipinski definition) is 1. The summed E-state index contributed by atoms with van der Waals surface area (Å²) in [6, 6.07) is 19.3. The molecule has 2 heterocycles. The van der Waals surface area contributed by atoms with Crippen LogP contribution < -0.4 is 11.0 Å². The van der Waals surface area contributed by atoms with Crippen molar-refractivity contribution in [3.8, 4) is 0 Å². The number of carbonyl (C=O) groups excluding carboxylic acids is 1. The Bertz CT molecular complexity index is 1380. The Morgan fingerprint density at radius 1 is 1.06 bits per heavy atom. The summed E-state index contributed by atoms with van der Waals surface area (Å²) in [7, 11) is 0. The van der Waals surface area contributed by atoms with Crippen molar-refractivity contribution < 1.29 is 4.79 Å². The summed E-state index contributed by atoms with van der Waals surface area (Å²) in [5.74, 6) is -0.526. The van der Waals surface area contributed by atoms with Crippen LogP contribution in [0.1, 0.15) is 39.7 Å². The van der Waals surface area contributed by atoms with Gasteiger partial charge < -0.3 is 9.13 Å². The van der Waals surface area contributed by atoms with E-state index in [1.807, 2.05) is 56.3 Å². The van der Waals surface area contributed by atoms with Gasteiger partial charge in [0.25, 0.3) is 11.5 Å². The highest BCUT2D eigenvalue weighted by atomic mass is 16.2. The van der Waals surface area contributed by atoms with Gasteiger partial charge in [0.2, 0.25) is 0 Å². The molecule has 0 saturated carbocycles. The molecule has 0 atom stereocenters. The average Bonchev–Trinajstić information content (AvgIpc) is 3.06. The number of aromatic nitrogens is 2. The number of amides is 1. The first-order valence-corrected chi connectivity index (χ1v) is 10.7. The van der Waals surface area contributed by atoms with E-state index in [-0.39, 0.29) is 11.1 Å².